The Morgan fingerprint density at radius 1 is 0.692 bits per heavy atom. The molecular formula is C9H12F6N2O7S2. The number of sulfonamides is 2. The molecule has 0 aliphatic heterocycles. The van der Waals surface area contributed by atoms with E-state index >= 15 is 0 Å². The van der Waals surface area contributed by atoms with Crippen LogP contribution in [-0.4, -0.2) is 57.1 Å². The summed E-state index contributed by atoms with van der Waals surface area (Å²) in [4.78, 5) is 32.6. The molecule has 0 fully saturated rings. The highest BCUT2D eigenvalue weighted by Crippen LogP contribution is 2.36. The van der Waals surface area contributed by atoms with Crippen LogP contribution in [0.5, 0.6) is 0 Å². The van der Waals surface area contributed by atoms with Gasteiger partial charge in [0.2, 0.25) is 0 Å². The molecule has 154 valence electrons. The number of hydrogen-bond acceptors (Lipinski definition) is 7. The third-order valence-corrected chi connectivity index (χ3v) is 5.41. The molecule has 0 saturated carbocycles. The van der Waals surface area contributed by atoms with Crippen LogP contribution in [0.4, 0.5) is 26.3 Å². The molecule has 0 atom stereocenters. The maximum atomic E-state index is 11.4. The van der Waals surface area contributed by atoms with Gasteiger partial charge < -0.3 is 4.13 Å². The van der Waals surface area contributed by atoms with Crippen LogP contribution in [0.2, 0.25) is 0 Å². The van der Waals surface area contributed by atoms with E-state index in [9.17, 15) is 57.6 Å². The molecule has 0 aliphatic carbocycles. The number of rotatable bonds is 2. The van der Waals surface area contributed by atoms with Gasteiger partial charge in [-0.2, -0.15) is 26.3 Å². The summed E-state index contributed by atoms with van der Waals surface area (Å²) in [5.74, 6) is -1.36. The van der Waals surface area contributed by atoms with Crippen molar-refractivity contribution in [2.75, 3.05) is 7.05 Å². The lowest BCUT2D eigenvalue weighted by molar-refractivity contribution is -0.677. The maximum absolute atomic E-state index is 11.4. The topological polar surface area (TPSA) is 134 Å². The summed E-state index contributed by atoms with van der Waals surface area (Å²) in [5.41, 5.74) is -12.4. The van der Waals surface area contributed by atoms with E-state index in [0.29, 0.717) is 0 Å². The van der Waals surface area contributed by atoms with Crippen molar-refractivity contribution >= 4 is 37.8 Å². The first-order chi connectivity index (χ1) is 11.0. The van der Waals surface area contributed by atoms with Crippen LogP contribution in [0, 0.1) is 0 Å². The Morgan fingerprint density at radius 2 is 0.885 bits per heavy atom. The van der Waals surface area contributed by atoms with Crippen LogP contribution in [-0.2, 0) is 34.4 Å². The number of amides is 3. The van der Waals surface area contributed by atoms with E-state index in [0.717, 1.165) is 4.13 Å². The first-order valence-electron chi connectivity index (χ1n) is 5.80. The number of carbonyl (C=O) groups excluding carboxylic acids is 3. The van der Waals surface area contributed by atoms with Crippen LogP contribution in [0.1, 0.15) is 20.8 Å². The Morgan fingerprint density at radius 3 is 0.962 bits per heavy atom. The fourth-order valence-corrected chi connectivity index (χ4v) is 2.59. The molecule has 0 aromatic carbocycles. The Balaban J connectivity index is 0. The number of quaternary nitrogens is 1. The SMILES string of the molecule is CC(=O)[N+](C)(C(C)=O)C(C)=O.O=S(=O)([N-]S(=O)(=O)C(F)(F)F)C(F)(F)F. The lowest BCUT2D eigenvalue weighted by Crippen LogP contribution is -2.54. The zero-order valence-corrected chi connectivity index (χ0v) is 15.0. The van der Waals surface area contributed by atoms with Crippen LogP contribution < -0.4 is 0 Å². The molecule has 0 N–H and O–H groups in total. The summed E-state index contributed by atoms with van der Waals surface area (Å²) in [6.07, 6.45) is 0. The van der Waals surface area contributed by atoms with Gasteiger partial charge in [0.25, 0.3) is 0 Å². The van der Waals surface area contributed by atoms with E-state index in [4.69, 9.17) is 0 Å². The lowest BCUT2D eigenvalue weighted by Gasteiger charge is -2.22. The number of hydrogen-bond donors (Lipinski definition) is 0. The first kappa shape index (κ1) is 26.6. The molecule has 3 amide bonds. The normalized spacial score (nSPS) is 13.5. The highest BCUT2D eigenvalue weighted by molar-refractivity contribution is 8.13. The van der Waals surface area contributed by atoms with Crippen LogP contribution in [0.25, 0.3) is 4.13 Å². The Hall–Kier alpha value is -1.59. The van der Waals surface area contributed by atoms with Crippen molar-refractivity contribution in [1.29, 1.82) is 0 Å². The monoisotopic (exact) mass is 438 g/mol. The van der Waals surface area contributed by atoms with E-state index in [2.05, 4.69) is 0 Å². The smallest absolute Gasteiger partial charge is 0.421 e. The first-order valence-corrected chi connectivity index (χ1v) is 8.68. The fourth-order valence-electron chi connectivity index (χ4n) is 0.879. The molecule has 0 aromatic rings. The third-order valence-electron chi connectivity index (χ3n) is 2.67. The number of alkyl halides is 6. The Kier molecular flexibility index (Phi) is 8.16. The van der Waals surface area contributed by atoms with E-state index < -0.39 is 53.3 Å². The van der Waals surface area contributed by atoms with Crippen LogP contribution in [0.3, 0.4) is 0 Å². The summed E-state index contributed by atoms with van der Waals surface area (Å²) < 4.78 is 108. The molecule has 17 heteroatoms. The van der Waals surface area contributed by atoms with Crippen molar-refractivity contribution in [2.45, 2.75) is 31.8 Å². The molecule has 0 radical (unpaired) electrons. The standard InChI is InChI=1S/C7H12NO3.C2F6NO4S2/c1-5(9)8(4,6(2)10)7(3)11;3-1(4,5)14(10,11)9-15(12,13)2(6,7)8/h1-4H3;/q+1;-1. The maximum Gasteiger partial charge on any atom is 0.480 e. The van der Waals surface area contributed by atoms with Crippen molar-refractivity contribution in [3.05, 3.63) is 4.13 Å². The van der Waals surface area contributed by atoms with Gasteiger partial charge in [-0.25, -0.2) is 31.2 Å². The van der Waals surface area contributed by atoms with Crippen LogP contribution >= 0.6 is 0 Å². The van der Waals surface area contributed by atoms with Gasteiger partial charge >= 0.3 is 28.7 Å². The van der Waals surface area contributed by atoms with E-state index in [1.807, 2.05) is 0 Å². The van der Waals surface area contributed by atoms with Gasteiger partial charge in [0, 0.05) is 0 Å². The van der Waals surface area contributed by atoms with Crippen molar-refractivity contribution in [2.24, 2.45) is 0 Å². The van der Waals surface area contributed by atoms with Gasteiger partial charge in [-0.15, -0.1) is 4.48 Å². The van der Waals surface area contributed by atoms with Gasteiger partial charge in [-0.05, 0) is 0 Å². The second-order valence-corrected chi connectivity index (χ2v) is 7.90. The largest absolute Gasteiger partial charge is 0.480 e. The van der Waals surface area contributed by atoms with Gasteiger partial charge in [0.05, 0.1) is 27.8 Å². The second-order valence-electron chi connectivity index (χ2n) is 4.48. The van der Waals surface area contributed by atoms with E-state index in [-0.39, 0.29) is 0 Å². The van der Waals surface area contributed by atoms with Gasteiger partial charge in [0.1, 0.15) is 0 Å². The number of nitrogens with zero attached hydrogens (tertiary/aromatic N) is 2. The molecule has 0 unspecified atom stereocenters. The van der Waals surface area contributed by atoms with E-state index in [1.165, 1.54) is 27.8 Å². The molecular weight excluding hydrogens is 426 g/mol. The summed E-state index contributed by atoms with van der Waals surface area (Å²) in [6.45, 7) is 3.68. The quantitative estimate of drug-likeness (QED) is 0.466. The average Bonchev–Trinajstić information content (AvgIpc) is 2.33. The molecule has 0 rings (SSSR count). The van der Waals surface area contributed by atoms with E-state index in [1.54, 1.807) is 0 Å². The summed E-state index contributed by atoms with van der Waals surface area (Å²) in [5, 5.41) is 0. The van der Waals surface area contributed by atoms with Crippen molar-refractivity contribution in [3.63, 3.8) is 0 Å². The summed E-state index contributed by atoms with van der Waals surface area (Å²) >= 11 is 0. The van der Waals surface area contributed by atoms with Crippen molar-refractivity contribution in [3.8, 4) is 0 Å². The summed E-state index contributed by atoms with van der Waals surface area (Å²) in [6, 6.07) is 0. The lowest BCUT2D eigenvalue weighted by atomic mass is 10.3. The predicted molar refractivity (Wildman–Crippen MR) is 71.5 cm³/mol. The molecule has 0 aliphatic rings. The molecule has 0 heterocycles. The minimum Gasteiger partial charge on any atom is -0.421 e. The number of halogens is 6. The number of imide groups is 3. The molecule has 26 heavy (non-hydrogen) atoms. The van der Waals surface area contributed by atoms with Crippen molar-refractivity contribution < 1.29 is 62.0 Å². The van der Waals surface area contributed by atoms with Crippen molar-refractivity contribution in [1.82, 2.24) is 0 Å². The molecule has 0 bridgehead atoms. The Labute approximate surface area is 143 Å². The van der Waals surface area contributed by atoms with Gasteiger partial charge in [0.15, 0.2) is 20.0 Å². The van der Waals surface area contributed by atoms with Gasteiger partial charge in [-0.3, -0.25) is 0 Å². The Bertz CT molecular complexity index is 704. The number of carbonyl (C=O) groups is 3. The average molecular weight is 438 g/mol. The van der Waals surface area contributed by atoms with Gasteiger partial charge in [-0.1, -0.05) is 0 Å². The summed E-state index contributed by atoms with van der Waals surface area (Å²) in [7, 11) is -12.1. The zero-order chi connectivity index (χ0) is 21.9. The highest BCUT2D eigenvalue weighted by Gasteiger charge is 2.47. The van der Waals surface area contributed by atoms with Crippen LogP contribution in [0.15, 0.2) is 0 Å². The highest BCUT2D eigenvalue weighted by atomic mass is 32.3. The zero-order valence-electron chi connectivity index (χ0n) is 13.3. The second kappa shape index (κ2) is 7.97. The molecule has 0 aromatic heterocycles. The minimum atomic E-state index is -6.72. The third kappa shape index (κ3) is 6.29. The predicted octanol–water partition coefficient (Wildman–Crippen LogP) is 1.13. The molecule has 9 nitrogen and oxygen atoms in total. The fraction of sp³-hybridized carbons (Fsp3) is 0.667. The molecule has 0 spiro atoms. The molecule has 0 saturated heterocycles. The minimum absolute atomic E-state index is 0.454.